The molecule has 0 saturated carbocycles. The van der Waals surface area contributed by atoms with E-state index >= 15 is 0 Å². The number of hydrogen-bond donors (Lipinski definition) is 1. The number of benzene rings is 1. The molecule has 0 aromatic heterocycles. The summed E-state index contributed by atoms with van der Waals surface area (Å²) >= 11 is 5.98. The molecule has 0 unspecified atom stereocenters. The van der Waals surface area contributed by atoms with E-state index in [-0.39, 0.29) is 12.5 Å². The van der Waals surface area contributed by atoms with Crippen molar-refractivity contribution in [3.8, 4) is 0 Å². The van der Waals surface area contributed by atoms with Gasteiger partial charge in [0.2, 0.25) is 5.91 Å². The van der Waals surface area contributed by atoms with Crippen LogP contribution >= 0.6 is 11.6 Å². The molecule has 0 bridgehead atoms. The maximum absolute atomic E-state index is 12.1. The van der Waals surface area contributed by atoms with Gasteiger partial charge in [-0.3, -0.25) is 4.79 Å². The van der Waals surface area contributed by atoms with Crippen molar-refractivity contribution in [3.63, 3.8) is 0 Å². The highest BCUT2D eigenvalue weighted by Gasteiger charge is 2.20. The molecule has 2 rings (SSSR count). The second-order valence-electron chi connectivity index (χ2n) is 4.88. The van der Waals surface area contributed by atoms with E-state index < -0.39 is 0 Å². The summed E-state index contributed by atoms with van der Waals surface area (Å²) in [6.07, 6.45) is 2.18. The van der Waals surface area contributed by atoms with Crippen molar-refractivity contribution < 1.29 is 9.90 Å². The van der Waals surface area contributed by atoms with E-state index in [4.69, 9.17) is 11.6 Å². The van der Waals surface area contributed by atoms with Gasteiger partial charge in [0.15, 0.2) is 0 Å². The van der Waals surface area contributed by atoms with Crippen LogP contribution in [0.1, 0.15) is 18.4 Å². The Morgan fingerprint density at radius 1 is 1.42 bits per heavy atom. The highest BCUT2D eigenvalue weighted by Crippen LogP contribution is 2.24. The lowest BCUT2D eigenvalue weighted by Gasteiger charge is -2.24. The zero-order valence-corrected chi connectivity index (χ0v) is 11.9. The second kappa shape index (κ2) is 6.26. The Hall–Kier alpha value is -1.26. The Kier molecular flexibility index (Phi) is 4.66. The fourth-order valence-electron chi connectivity index (χ4n) is 2.38. The zero-order valence-electron chi connectivity index (χ0n) is 11.1. The minimum absolute atomic E-state index is 0.0608. The number of anilines is 1. The van der Waals surface area contributed by atoms with Crippen molar-refractivity contribution in [1.82, 2.24) is 4.90 Å². The minimum atomic E-state index is -0.0608. The third-order valence-corrected chi connectivity index (χ3v) is 3.70. The largest absolute Gasteiger partial charge is 0.392 e. The highest BCUT2D eigenvalue weighted by atomic mass is 35.5. The first-order chi connectivity index (χ1) is 9.11. The first-order valence-electron chi connectivity index (χ1n) is 6.50. The Labute approximate surface area is 118 Å². The van der Waals surface area contributed by atoms with E-state index in [2.05, 4.69) is 0 Å². The lowest BCUT2D eigenvalue weighted by molar-refractivity contribution is -0.128. The molecule has 0 aliphatic carbocycles. The van der Waals surface area contributed by atoms with Gasteiger partial charge in [0, 0.05) is 36.4 Å². The number of halogens is 1. The maximum atomic E-state index is 12.1. The van der Waals surface area contributed by atoms with E-state index in [1.807, 2.05) is 16.8 Å². The van der Waals surface area contributed by atoms with Gasteiger partial charge in [-0.05, 0) is 25.0 Å². The highest BCUT2D eigenvalue weighted by molar-refractivity contribution is 6.30. The average molecular weight is 283 g/mol. The number of amides is 1. The van der Waals surface area contributed by atoms with E-state index in [9.17, 15) is 9.90 Å². The number of carbonyl (C=O) groups excluding carboxylic acids is 1. The summed E-state index contributed by atoms with van der Waals surface area (Å²) in [4.78, 5) is 15.8. The SMILES string of the molecule is CN(CC(=O)N1CCCC1)c1cc(Cl)ccc1CO. The molecule has 1 aliphatic heterocycles. The molecule has 0 spiro atoms. The summed E-state index contributed by atoms with van der Waals surface area (Å²) in [6.45, 7) is 1.96. The summed E-state index contributed by atoms with van der Waals surface area (Å²) < 4.78 is 0. The van der Waals surface area contributed by atoms with Crippen molar-refractivity contribution >= 4 is 23.2 Å². The molecule has 1 aromatic carbocycles. The molecule has 5 heteroatoms. The predicted octanol–water partition coefficient (Wildman–Crippen LogP) is 1.89. The molecule has 1 heterocycles. The van der Waals surface area contributed by atoms with Crippen molar-refractivity contribution in [2.24, 2.45) is 0 Å². The molecule has 1 aliphatic rings. The number of aliphatic hydroxyl groups excluding tert-OH is 1. The van der Waals surface area contributed by atoms with Crippen molar-refractivity contribution in [3.05, 3.63) is 28.8 Å². The van der Waals surface area contributed by atoms with E-state index in [1.54, 1.807) is 18.2 Å². The average Bonchev–Trinajstić information content (AvgIpc) is 2.92. The van der Waals surface area contributed by atoms with Crippen LogP contribution in [0.5, 0.6) is 0 Å². The Morgan fingerprint density at radius 2 is 2.11 bits per heavy atom. The van der Waals surface area contributed by atoms with Gasteiger partial charge in [-0.1, -0.05) is 17.7 Å². The fraction of sp³-hybridized carbons (Fsp3) is 0.500. The van der Waals surface area contributed by atoms with Crippen LogP contribution in [0.4, 0.5) is 5.69 Å². The first kappa shape index (κ1) is 14.2. The van der Waals surface area contributed by atoms with Crippen molar-refractivity contribution in [1.29, 1.82) is 0 Å². The van der Waals surface area contributed by atoms with Crippen LogP contribution in [-0.2, 0) is 11.4 Å². The van der Waals surface area contributed by atoms with E-state index in [1.165, 1.54) is 0 Å². The molecule has 104 valence electrons. The first-order valence-corrected chi connectivity index (χ1v) is 6.88. The van der Waals surface area contributed by atoms with Crippen molar-refractivity contribution in [2.45, 2.75) is 19.4 Å². The molecule has 19 heavy (non-hydrogen) atoms. The lowest BCUT2D eigenvalue weighted by Crippen LogP contribution is -2.37. The van der Waals surface area contributed by atoms with Gasteiger partial charge in [-0.15, -0.1) is 0 Å². The number of aliphatic hydroxyl groups is 1. The number of likely N-dealkylation sites (N-methyl/N-ethyl adjacent to an activating group) is 1. The Balaban J connectivity index is 2.08. The van der Waals surface area contributed by atoms with Crippen molar-refractivity contribution in [2.75, 3.05) is 31.6 Å². The van der Waals surface area contributed by atoms with Crippen LogP contribution in [0.15, 0.2) is 18.2 Å². The monoisotopic (exact) mass is 282 g/mol. The number of nitrogens with zero attached hydrogens (tertiary/aromatic N) is 2. The molecule has 1 saturated heterocycles. The summed E-state index contributed by atoms with van der Waals surface area (Å²) in [6, 6.07) is 5.31. The van der Waals surface area contributed by atoms with Gasteiger partial charge in [0.25, 0.3) is 0 Å². The predicted molar refractivity (Wildman–Crippen MR) is 76.5 cm³/mol. The summed E-state index contributed by atoms with van der Waals surface area (Å²) in [5.41, 5.74) is 1.59. The quantitative estimate of drug-likeness (QED) is 0.917. The van der Waals surface area contributed by atoms with Gasteiger partial charge in [-0.2, -0.15) is 0 Å². The van der Waals surface area contributed by atoms with E-state index in [0.29, 0.717) is 11.6 Å². The molecule has 1 N–H and O–H groups in total. The van der Waals surface area contributed by atoms with Crippen LogP contribution in [0.25, 0.3) is 0 Å². The molecule has 0 radical (unpaired) electrons. The Morgan fingerprint density at radius 3 is 2.74 bits per heavy atom. The smallest absolute Gasteiger partial charge is 0.242 e. The maximum Gasteiger partial charge on any atom is 0.242 e. The van der Waals surface area contributed by atoms with Gasteiger partial charge in [0.05, 0.1) is 13.2 Å². The van der Waals surface area contributed by atoms with Gasteiger partial charge in [-0.25, -0.2) is 0 Å². The minimum Gasteiger partial charge on any atom is -0.392 e. The standard InChI is InChI=1S/C14H19ClN2O2/c1-16(9-14(19)17-6-2-3-7-17)13-8-12(15)5-4-11(13)10-18/h4-5,8,18H,2-3,6-7,9-10H2,1H3. The fourth-order valence-corrected chi connectivity index (χ4v) is 2.55. The van der Waals surface area contributed by atoms with E-state index in [0.717, 1.165) is 37.2 Å². The number of rotatable bonds is 4. The zero-order chi connectivity index (χ0) is 13.8. The topological polar surface area (TPSA) is 43.8 Å². The van der Waals surface area contributed by atoms with Crippen LogP contribution in [-0.4, -0.2) is 42.6 Å². The van der Waals surface area contributed by atoms with Gasteiger partial charge < -0.3 is 14.9 Å². The molecule has 1 amide bonds. The third kappa shape index (κ3) is 3.39. The van der Waals surface area contributed by atoms with Crippen LogP contribution in [0.3, 0.4) is 0 Å². The number of likely N-dealkylation sites (tertiary alicyclic amines) is 1. The van der Waals surface area contributed by atoms with Crippen LogP contribution in [0.2, 0.25) is 5.02 Å². The van der Waals surface area contributed by atoms with Crippen LogP contribution < -0.4 is 4.90 Å². The second-order valence-corrected chi connectivity index (χ2v) is 5.31. The molecule has 1 fully saturated rings. The lowest BCUT2D eigenvalue weighted by atomic mass is 10.1. The Bertz CT molecular complexity index is 459. The van der Waals surface area contributed by atoms with Gasteiger partial charge >= 0.3 is 0 Å². The van der Waals surface area contributed by atoms with Crippen LogP contribution in [0, 0.1) is 0 Å². The molecular weight excluding hydrogens is 264 g/mol. The molecule has 0 atom stereocenters. The molecule has 1 aromatic rings. The molecular formula is C14H19ClN2O2. The normalized spacial score (nSPS) is 14.8. The van der Waals surface area contributed by atoms with Gasteiger partial charge in [0.1, 0.15) is 0 Å². The molecule has 4 nitrogen and oxygen atoms in total. The third-order valence-electron chi connectivity index (χ3n) is 3.46. The summed E-state index contributed by atoms with van der Waals surface area (Å²) in [5, 5.41) is 9.94. The summed E-state index contributed by atoms with van der Waals surface area (Å²) in [5.74, 6) is 0.129. The number of carbonyl (C=O) groups is 1. The summed E-state index contributed by atoms with van der Waals surface area (Å²) in [7, 11) is 1.85. The number of hydrogen-bond acceptors (Lipinski definition) is 3.